The minimum Gasteiger partial charge on any atom is -0.390 e. The molecule has 0 spiro atoms. The number of rotatable bonds is 4. The van der Waals surface area contributed by atoms with E-state index in [1.165, 1.54) is 5.69 Å². The van der Waals surface area contributed by atoms with E-state index >= 15 is 0 Å². The second-order valence-electron chi connectivity index (χ2n) is 6.38. The molecular weight excluding hydrogens is 306 g/mol. The van der Waals surface area contributed by atoms with Crippen molar-refractivity contribution >= 4 is 5.82 Å². The van der Waals surface area contributed by atoms with Crippen LogP contribution in [0.4, 0.5) is 5.82 Å². The highest BCUT2D eigenvalue weighted by Gasteiger charge is 2.26. The predicted molar refractivity (Wildman–Crippen MR) is 88.8 cm³/mol. The van der Waals surface area contributed by atoms with Crippen molar-refractivity contribution in [2.75, 3.05) is 24.7 Å². The molecule has 1 N–H and O–H groups in total. The van der Waals surface area contributed by atoms with Crippen molar-refractivity contribution in [1.82, 2.24) is 19.7 Å². The molecule has 24 heavy (non-hydrogen) atoms. The third-order valence-corrected chi connectivity index (χ3v) is 5.01. The van der Waals surface area contributed by atoms with E-state index < -0.39 is 0 Å². The number of hydrogen-bond donors (Lipinski definition) is 1. The van der Waals surface area contributed by atoms with Crippen molar-refractivity contribution in [3.8, 4) is 0 Å². The summed E-state index contributed by atoms with van der Waals surface area (Å²) >= 11 is 0. The lowest BCUT2D eigenvalue weighted by atomic mass is 10.0. The van der Waals surface area contributed by atoms with Crippen LogP contribution in [-0.4, -0.2) is 44.6 Å². The van der Waals surface area contributed by atoms with Crippen molar-refractivity contribution in [3.63, 3.8) is 0 Å². The lowest BCUT2D eigenvalue weighted by Gasteiger charge is -2.29. The Kier molecular flexibility index (Phi) is 4.20. The Morgan fingerprint density at radius 1 is 1.38 bits per heavy atom. The number of fused-ring (bicyclic) bond motifs is 1. The number of aliphatic hydroxyl groups excluding tert-OH is 1. The summed E-state index contributed by atoms with van der Waals surface area (Å²) in [5, 5.41) is 14.1. The van der Waals surface area contributed by atoms with Gasteiger partial charge >= 0.3 is 0 Å². The van der Waals surface area contributed by atoms with Crippen molar-refractivity contribution in [2.24, 2.45) is 0 Å². The van der Waals surface area contributed by atoms with Gasteiger partial charge in [-0.2, -0.15) is 5.10 Å². The first-order chi connectivity index (χ1) is 11.8. The zero-order valence-corrected chi connectivity index (χ0v) is 14.0. The Hall–Kier alpha value is -1.99. The van der Waals surface area contributed by atoms with Crippen molar-refractivity contribution < 1.29 is 9.84 Å². The molecule has 2 aliphatic heterocycles. The first-order valence-electron chi connectivity index (χ1n) is 8.63. The highest BCUT2D eigenvalue weighted by atomic mass is 16.5. The van der Waals surface area contributed by atoms with Crippen molar-refractivity contribution in [3.05, 3.63) is 35.0 Å². The Morgan fingerprint density at radius 3 is 3.04 bits per heavy atom. The maximum absolute atomic E-state index is 9.61. The molecule has 0 aliphatic carbocycles. The van der Waals surface area contributed by atoms with Crippen LogP contribution in [0.1, 0.15) is 41.9 Å². The molecule has 2 aliphatic rings. The van der Waals surface area contributed by atoms with E-state index in [0.717, 1.165) is 68.5 Å². The summed E-state index contributed by atoms with van der Waals surface area (Å²) in [6, 6.07) is 2.09. The maximum atomic E-state index is 9.61. The molecule has 1 fully saturated rings. The van der Waals surface area contributed by atoms with Gasteiger partial charge in [0, 0.05) is 55.9 Å². The quantitative estimate of drug-likeness (QED) is 0.910. The summed E-state index contributed by atoms with van der Waals surface area (Å²) in [5.41, 5.74) is 4.25. The van der Waals surface area contributed by atoms with Gasteiger partial charge in [0.15, 0.2) is 0 Å². The van der Waals surface area contributed by atoms with Gasteiger partial charge in [-0.1, -0.05) is 0 Å². The van der Waals surface area contributed by atoms with E-state index in [9.17, 15) is 5.11 Å². The molecule has 2 aromatic heterocycles. The Morgan fingerprint density at radius 2 is 2.29 bits per heavy atom. The summed E-state index contributed by atoms with van der Waals surface area (Å²) in [6.07, 6.45) is 3.60. The first kappa shape index (κ1) is 15.5. The highest BCUT2D eigenvalue weighted by Crippen LogP contribution is 2.29. The molecule has 0 aromatic carbocycles. The lowest BCUT2D eigenvalue weighted by Crippen LogP contribution is -2.32. The molecule has 0 radical (unpaired) electrons. The fraction of sp³-hybridized carbons (Fsp3) is 0.588. The molecule has 7 nitrogen and oxygen atoms in total. The predicted octanol–water partition coefficient (Wildman–Crippen LogP) is 1.25. The van der Waals surface area contributed by atoms with Crippen LogP contribution in [-0.2, 0) is 30.9 Å². The Labute approximate surface area is 141 Å². The normalized spacial score (nSPS) is 20.4. The molecule has 0 unspecified atom stereocenters. The average molecular weight is 329 g/mol. The fourth-order valence-electron chi connectivity index (χ4n) is 3.67. The van der Waals surface area contributed by atoms with Gasteiger partial charge in [0.25, 0.3) is 0 Å². The number of anilines is 1. The monoisotopic (exact) mass is 329 g/mol. The third-order valence-electron chi connectivity index (χ3n) is 5.01. The van der Waals surface area contributed by atoms with Gasteiger partial charge in [0.05, 0.1) is 24.6 Å². The summed E-state index contributed by atoms with van der Waals surface area (Å²) in [6.45, 7) is 6.11. The molecule has 0 bridgehead atoms. The summed E-state index contributed by atoms with van der Waals surface area (Å²) in [5.74, 6) is 1.33. The van der Waals surface area contributed by atoms with Crippen molar-refractivity contribution in [2.45, 2.75) is 45.4 Å². The van der Waals surface area contributed by atoms with Crippen LogP contribution in [0.2, 0.25) is 0 Å². The largest absolute Gasteiger partial charge is 0.390 e. The number of aromatic nitrogens is 4. The molecule has 128 valence electrons. The third kappa shape index (κ3) is 2.67. The molecule has 0 saturated carbocycles. The minimum atomic E-state index is -0.0163. The average Bonchev–Trinajstić information content (AvgIpc) is 3.29. The van der Waals surface area contributed by atoms with Gasteiger partial charge in [-0.25, -0.2) is 9.97 Å². The zero-order valence-electron chi connectivity index (χ0n) is 14.0. The maximum Gasteiger partial charge on any atom is 0.132 e. The van der Waals surface area contributed by atoms with Gasteiger partial charge in [-0.15, -0.1) is 0 Å². The zero-order chi connectivity index (χ0) is 16.5. The summed E-state index contributed by atoms with van der Waals surface area (Å²) < 4.78 is 7.49. The van der Waals surface area contributed by atoms with Crippen LogP contribution < -0.4 is 4.90 Å². The van der Waals surface area contributed by atoms with E-state index in [1.54, 1.807) is 6.33 Å². The van der Waals surface area contributed by atoms with E-state index in [2.05, 4.69) is 33.0 Å². The number of nitrogens with zero attached hydrogens (tertiary/aromatic N) is 5. The van der Waals surface area contributed by atoms with Crippen LogP contribution in [0.25, 0.3) is 0 Å². The molecule has 4 heterocycles. The van der Waals surface area contributed by atoms with E-state index in [-0.39, 0.29) is 6.61 Å². The Balaban J connectivity index is 1.60. The molecule has 2 aromatic rings. The van der Waals surface area contributed by atoms with Gasteiger partial charge in [0.2, 0.25) is 0 Å². The van der Waals surface area contributed by atoms with Gasteiger partial charge in [-0.3, -0.25) is 4.68 Å². The standard InChI is InChI=1S/C17H23N5O2/c1-2-22-16-3-5-21(8-13(16)15(9-23)20-22)17-7-14(18-11-19-17)12-4-6-24-10-12/h7,11-12,23H,2-6,8-10H2,1H3/t12-/m1/s1. The van der Waals surface area contributed by atoms with Crippen molar-refractivity contribution in [1.29, 1.82) is 0 Å². The summed E-state index contributed by atoms with van der Waals surface area (Å²) in [7, 11) is 0. The van der Waals surface area contributed by atoms with Crippen LogP contribution in [0, 0.1) is 0 Å². The fourth-order valence-corrected chi connectivity index (χ4v) is 3.67. The SMILES string of the molecule is CCn1nc(CO)c2c1CCN(c1cc([C@@H]3CCOC3)ncn1)C2. The lowest BCUT2D eigenvalue weighted by molar-refractivity contribution is 0.193. The number of aryl methyl sites for hydroxylation is 1. The molecule has 1 saturated heterocycles. The Bertz CT molecular complexity index is 724. The summed E-state index contributed by atoms with van der Waals surface area (Å²) in [4.78, 5) is 11.2. The molecule has 4 rings (SSSR count). The van der Waals surface area contributed by atoms with Gasteiger partial charge in [0.1, 0.15) is 12.1 Å². The van der Waals surface area contributed by atoms with Crippen LogP contribution in [0.5, 0.6) is 0 Å². The smallest absolute Gasteiger partial charge is 0.132 e. The highest BCUT2D eigenvalue weighted by molar-refractivity contribution is 5.45. The molecule has 7 heteroatoms. The van der Waals surface area contributed by atoms with E-state index in [0.29, 0.717) is 5.92 Å². The van der Waals surface area contributed by atoms with Gasteiger partial charge < -0.3 is 14.7 Å². The second-order valence-corrected chi connectivity index (χ2v) is 6.38. The second kappa shape index (κ2) is 6.49. The van der Waals surface area contributed by atoms with E-state index in [4.69, 9.17) is 4.74 Å². The minimum absolute atomic E-state index is 0.0163. The first-order valence-corrected chi connectivity index (χ1v) is 8.63. The molecule has 1 atom stereocenters. The molecular formula is C17H23N5O2. The van der Waals surface area contributed by atoms with Crippen LogP contribution >= 0.6 is 0 Å². The number of hydrogen-bond acceptors (Lipinski definition) is 6. The van der Waals surface area contributed by atoms with Crippen LogP contribution in [0.15, 0.2) is 12.4 Å². The topological polar surface area (TPSA) is 76.3 Å². The van der Waals surface area contributed by atoms with Gasteiger partial charge in [-0.05, 0) is 13.3 Å². The van der Waals surface area contributed by atoms with Crippen LogP contribution in [0.3, 0.4) is 0 Å². The molecule has 0 amide bonds. The number of ether oxygens (including phenoxy) is 1. The van der Waals surface area contributed by atoms with E-state index in [1.807, 2.05) is 4.68 Å². The number of aliphatic hydroxyl groups is 1.